The number of anilines is 2. The van der Waals surface area contributed by atoms with E-state index in [0.29, 0.717) is 11.9 Å². The summed E-state index contributed by atoms with van der Waals surface area (Å²) in [5, 5.41) is 0. The Hall–Kier alpha value is -1.36. The summed E-state index contributed by atoms with van der Waals surface area (Å²) in [4.78, 5) is 10.8. The zero-order valence-electron chi connectivity index (χ0n) is 9.26. The average molecular weight is 219 g/mol. The molecule has 1 saturated carbocycles. The zero-order chi connectivity index (χ0) is 11.1. The van der Waals surface area contributed by atoms with Crippen molar-refractivity contribution < 1.29 is 0 Å². The molecule has 2 fully saturated rings. The van der Waals surface area contributed by atoms with E-state index in [1.165, 1.54) is 12.8 Å². The van der Waals surface area contributed by atoms with Crippen LogP contribution >= 0.6 is 0 Å². The molecule has 0 spiro atoms. The first-order valence-electron chi connectivity index (χ1n) is 5.87. The molecule has 1 saturated heterocycles. The fraction of sp³-hybridized carbons (Fsp3) is 0.636. The van der Waals surface area contributed by atoms with Crippen LogP contribution in [0.1, 0.15) is 30.9 Å². The summed E-state index contributed by atoms with van der Waals surface area (Å²) in [5.41, 5.74) is 12.7. The fourth-order valence-corrected chi connectivity index (χ4v) is 2.22. The molecule has 0 radical (unpaired) electrons. The highest BCUT2D eigenvalue weighted by molar-refractivity contribution is 5.46. The molecule has 0 unspecified atom stereocenters. The van der Waals surface area contributed by atoms with E-state index < -0.39 is 0 Å². The average Bonchev–Trinajstić information content (AvgIpc) is 3.01. The van der Waals surface area contributed by atoms with Gasteiger partial charge < -0.3 is 16.4 Å². The van der Waals surface area contributed by atoms with Gasteiger partial charge >= 0.3 is 0 Å². The summed E-state index contributed by atoms with van der Waals surface area (Å²) >= 11 is 0. The van der Waals surface area contributed by atoms with Crippen molar-refractivity contribution in [2.24, 2.45) is 5.73 Å². The number of nitrogen functional groups attached to an aromatic ring is 1. The Morgan fingerprint density at radius 2 is 2.06 bits per heavy atom. The van der Waals surface area contributed by atoms with Crippen LogP contribution in [0.2, 0.25) is 0 Å². The minimum Gasteiger partial charge on any atom is -0.368 e. The Bertz CT molecular complexity index is 401. The third kappa shape index (κ3) is 1.82. The van der Waals surface area contributed by atoms with E-state index in [4.69, 9.17) is 11.5 Å². The van der Waals surface area contributed by atoms with Crippen LogP contribution in [-0.2, 0) is 0 Å². The van der Waals surface area contributed by atoms with Gasteiger partial charge in [-0.3, -0.25) is 0 Å². The number of hydrogen-bond acceptors (Lipinski definition) is 5. The summed E-state index contributed by atoms with van der Waals surface area (Å²) in [7, 11) is 0. The third-order valence-electron chi connectivity index (χ3n) is 3.29. The van der Waals surface area contributed by atoms with E-state index in [0.717, 1.165) is 31.0 Å². The van der Waals surface area contributed by atoms with Gasteiger partial charge in [0.25, 0.3) is 0 Å². The minimum absolute atomic E-state index is 0.264. The van der Waals surface area contributed by atoms with E-state index in [1.54, 1.807) is 0 Å². The molecule has 0 aromatic carbocycles. The number of nitrogens with zero attached hydrogens (tertiary/aromatic N) is 3. The van der Waals surface area contributed by atoms with Crippen LogP contribution < -0.4 is 16.4 Å². The van der Waals surface area contributed by atoms with Crippen molar-refractivity contribution in [1.29, 1.82) is 0 Å². The molecule has 1 aromatic rings. The van der Waals surface area contributed by atoms with Crippen LogP contribution in [0.15, 0.2) is 6.07 Å². The van der Waals surface area contributed by atoms with Crippen molar-refractivity contribution in [2.45, 2.75) is 31.2 Å². The summed E-state index contributed by atoms with van der Waals surface area (Å²) in [6, 6.07) is 2.34. The van der Waals surface area contributed by atoms with Gasteiger partial charge in [-0.25, -0.2) is 4.98 Å². The van der Waals surface area contributed by atoms with Crippen LogP contribution in [0.5, 0.6) is 0 Å². The molecule has 16 heavy (non-hydrogen) atoms. The maximum atomic E-state index is 5.89. The molecule has 5 nitrogen and oxygen atoms in total. The summed E-state index contributed by atoms with van der Waals surface area (Å²) in [5.74, 6) is 1.95. The first-order chi connectivity index (χ1) is 7.72. The summed E-state index contributed by atoms with van der Waals surface area (Å²) in [6.45, 7) is 1.85. The number of hydrogen-bond donors (Lipinski definition) is 2. The van der Waals surface area contributed by atoms with Gasteiger partial charge in [0, 0.05) is 31.1 Å². The van der Waals surface area contributed by atoms with E-state index in [9.17, 15) is 0 Å². The van der Waals surface area contributed by atoms with Gasteiger partial charge in [0.2, 0.25) is 5.95 Å². The maximum absolute atomic E-state index is 5.89. The largest absolute Gasteiger partial charge is 0.368 e. The van der Waals surface area contributed by atoms with Gasteiger partial charge in [-0.15, -0.1) is 0 Å². The molecule has 1 atom stereocenters. The lowest BCUT2D eigenvalue weighted by Gasteiger charge is -2.17. The lowest BCUT2D eigenvalue weighted by Crippen LogP contribution is -2.27. The second-order valence-corrected chi connectivity index (χ2v) is 4.78. The van der Waals surface area contributed by atoms with Gasteiger partial charge in [0.15, 0.2) is 0 Å². The van der Waals surface area contributed by atoms with Crippen LogP contribution in [0.3, 0.4) is 0 Å². The Labute approximate surface area is 94.9 Å². The lowest BCUT2D eigenvalue weighted by molar-refractivity contribution is 0.751. The molecule has 3 rings (SSSR count). The molecule has 1 aliphatic carbocycles. The van der Waals surface area contributed by atoms with Crippen molar-refractivity contribution in [2.75, 3.05) is 23.7 Å². The third-order valence-corrected chi connectivity index (χ3v) is 3.29. The normalized spacial score (nSPS) is 25.1. The fourth-order valence-electron chi connectivity index (χ4n) is 2.22. The first-order valence-corrected chi connectivity index (χ1v) is 5.87. The molecule has 0 bridgehead atoms. The minimum atomic E-state index is 0.264. The molecule has 4 N–H and O–H groups in total. The molecule has 1 aromatic heterocycles. The second kappa shape index (κ2) is 3.59. The monoisotopic (exact) mass is 219 g/mol. The summed E-state index contributed by atoms with van der Waals surface area (Å²) < 4.78 is 0. The summed E-state index contributed by atoms with van der Waals surface area (Å²) in [6.07, 6.45) is 3.49. The van der Waals surface area contributed by atoms with Crippen molar-refractivity contribution in [3.05, 3.63) is 11.8 Å². The van der Waals surface area contributed by atoms with E-state index in [1.807, 2.05) is 0 Å². The highest BCUT2D eigenvalue weighted by atomic mass is 15.2. The predicted molar refractivity (Wildman–Crippen MR) is 63.2 cm³/mol. The van der Waals surface area contributed by atoms with Gasteiger partial charge in [0.1, 0.15) is 5.82 Å². The molecular formula is C11H17N5. The van der Waals surface area contributed by atoms with E-state index >= 15 is 0 Å². The molecule has 5 heteroatoms. The topological polar surface area (TPSA) is 81.1 Å². The van der Waals surface area contributed by atoms with Gasteiger partial charge in [0.05, 0.1) is 5.69 Å². The number of nitrogens with two attached hydrogens (primary N) is 2. The van der Waals surface area contributed by atoms with E-state index in [-0.39, 0.29) is 6.04 Å². The smallest absolute Gasteiger partial charge is 0.222 e. The van der Waals surface area contributed by atoms with Crippen molar-refractivity contribution >= 4 is 11.8 Å². The van der Waals surface area contributed by atoms with Crippen LogP contribution in [-0.4, -0.2) is 29.1 Å². The number of rotatable bonds is 2. The molecule has 0 amide bonds. The Kier molecular flexibility index (Phi) is 2.21. The van der Waals surface area contributed by atoms with Crippen molar-refractivity contribution in [1.82, 2.24) is 9.97 Å². The molecule has 2 aliphatic rings. The van der Waals surface area contributed by atoms with E-state index in [2.05, 4.69) is 20.9 Å². The first kappa shape index (κ1) is 9.84. The molecular weight excluding hydrogens is 202 g/mol. The predicted octanol–water partition coefficient (Wildman–Crippen LogP) is 0.474. The van der Waals surface area contributed by atoms with Gasteiger partial charge in [-0.05, 0) is 19.3 Å². The lowest BCUT2D eigenvalue weighted by atomic mass is 10.2. The van der Waals surface area contributed by atoms with Crippen LogP contribution in [0.25, 0.3) is 0 Å². The highest BCUT2D eigenvalue weighted by Gasteiger charge is 2.27. The SMILES string of the molecule is Nc1nc(C2CC2)cc(N2CC[C@@H](N)C2)n1. The van der Waals surface area contributed by atoms with Crippen LogP contribution in [0.4, 0.5) is 11.8 Å². The van der Waals surface area contributed by atoms with Crippen molar-refractivity contribution in [3.8, 4) is 0 Å². The molecule has 86 valence electrons. The number of aromatic nitrogens is 2. The highest BCUT2D eigenvalue weighted by Crippen LogP contribution is 2.40. The van der Waals surface area contributed by atoms with Crippen LogP contribution in [0, 0.1) is 0 Å². The van der Waals surface area contributed by atoms with Crippen molar-refractivity contribution in [3.63, 3.8) is 0 Å². The standard InChI is InChI=1S/C11H17N5/c12-8-3-4-16(6-8)10-5-9(7-1-2-7)14-11(13)15-10/h5,7-8H,1-4,6,12H2,(H2,13,14,15)/t8-/m1/s1. The Morgan fingerprint density at radius 1 is 1.25 bits per heavy atom. The second-order valence-electron chi connectivity index (χ2n) is 4.78. The molecule has 2 heterocycles. The molecule has 1 aliphatic heterocycles. The Balaban J connectivity index is 1.88. The zero-order valence-corrected chi connectivity index (χ0v) is 9.26. The Morgan fingerprint density at radius 3 is 2.69 bits per heavy atom. The quantitative estimate of drug-likeness (QED) is 0.756. The van der Waals surface area contributed by atoms with Gasteiger partial charge in [-0.2, -0.15) is 4.98 Å². The maximum Gasteiger partial charge on any atom is 0.222 e. The van der Waals surface area contributed by atoms with Gasteiger partial charge in [-0.1, -0.05) is 0 Å².